The maximum atomic E-state index is 12.5. The molecule has 2 rings (SSSR count). The third-order valence-electron chi connectivity index (χ3n) is 3.39. The Morgan fingerprint density at radius 2 is 1.95 bits per heavy atom. The lowest BCUT2D eigenvalue weighted by atomic mass is 10.0. The van der Waals surface area contributed by atoms with Crippen molar-refractivity contribution in [2.75, 3.05) is 13.6 Å². The Bertz CT molecular complexity index is 584. The van der Waals surface area contributed by atoms with E-state index >= 15 is 0 Å². The van der Waals surface area contributed by atoms with Crippen molar-refractivity contribution in [1.82, 2.24) is 15.6 Å². The summed E-state index contributed by atoms with van der Waals surface area (Å²) in [6.07, 6.45) is 2.57. The fraction of sp³-hybridized carbons (Fsp3) is 0.294. The number of rotatable bonds is 6. The smallest absolute Gasteiger partial charge is 0.252 e. The number of nitrogens with one attached hydrogen (secondary N) is 2. The third-order valence-corrected chi connectivity index (χ3v) is 3.39. The molecule has 1 aromatic carbocycles. The highest BCUT2D eigenvalue weighted by atomic mass is 16.1. The molecule has 4 nitrogen and oxygen atoms in total. The van der Waals surface area contributed by atoms with E-state index in [-0.39, 0.29) is 11.9 Å². The van der Waals surface area contributed by atoms with E-state index in [4.69, 9.17) is 0 Å². The first kappa shape index (κ1) is 15.2. The number of nitrogens with zero attached hydrogens (tertiary/aromatic N) is 1. The van der Waals surface area contributed by atoms with Crippen molar-refractivity contribution in [3.8, 4) is 0 Å². The quantitative estimate of drug-likeness (QED) is 0.855. The van der Waals surface area contributed by atoms with E-state index in [0.29, 0.717) is 0 Å². The van der Waals surface area contributed by atoms with Gasteiger partial charge >= 0.3 is 0 Å². The second-order valence-corrected chi connectivity index (χ2v) is 4.96. The van der Waals surface area contributed by atoms with Crippen molar-refractivity contribution in [2.45, 2.75) is 19.4 Å². The van der Waals surface area contributed by atoms with Crippen LogP contribution in [0.3, 0.4) is 0 Å². The largest absolute Gasteiger partial charge is 0.344 e. The normalized spacial score (nSPS) is 11.9. The molecule has 2 N–H and O–H groups in total. The number of likely N-dealkylation sites (N-methyl/N-ethyl adjacent to an activating group) is 1. The molecule has 0 bridgehead atoms. The predicted octanol–water partition coefficient (Wildman–Crippen LogP) is 2.33. The second-order valence-electron chi connectivity index (χ2n) is 4.96. The summed E-state index contributed by atoms with van der Waals surface area (Å²) < 4.78 is 0. The Labute approximate surface area is 125 Å². The number of pyridine rings is 1. The first-order chi connectivity index (χ1) is 10.2. The van der Waals surface area contributed by atoms with E-state index in [1.807, 2.05) is 56.4 Å². The Hall–Kier alpha value is -2.20. The molecule has 21 heavy (non-hydrogen) atoms. The molecular formula is C17H21N3O. The minimum absolute atomic E-state index is 0.0557. The molecule has 0 radical (unpaired) electrons. The van der Waals surface area contributed by atoms with Gasteiger partial charge in [0.05, 0.1) is 11.7 Å². The van der Waals surface area contributed by atoms with Gasteiger partial charge in [-0.3, -0.25) is 9.78 Å². The molecule has 0 unspecified atom stereocenters. The Balaban J connectivity index is 2.10. The summed E-state index contributed by atoms with van der Waals surface area (Å²) in [5, 5.41) is 6.11. The van der Waals surface area contributed by atoms with Crippen LogP contribution in [-0.2, 0) is 6.42 Å². The topological polar surface area (TPSA) is 54.0 Å². The lowest BCUT2D eigenvalue weighted by Crippen LogP contribution is -2.28. The van der Waals surface area contributed by atoms with Crippen LogP contribution in [0.5, 0.6) is 0 Å². The molecule has 0 fully saturated rings. The molecule has 2 aromatic rings. The fourth-order valence-electron chi connectivity index (χ4n) is 2.20. The number of benzene rings is 1. The van der Waals surface area contributed by atoms with Crippen molar-refractivity contribution < 1.29 is 4.79 Å². The standard InChI is InChI=1S/C17H21N3O/c1-13(16-9-5-6-11-19-16)20-17(21)15-8-4-3-7-14(15)10-12-18-2/h3-9,11,13,18H,10,12H2,1-2H3,(H,20,21)/t13-/m0/s1. The number of amides is 1. The van der Waals surface area contributed by atoms with Gasteiger partial charge in [-0.25, -0.2) is 0 Å². The van der Waals surface area contributed by atoms with Crippen LogP contribution in [-0.4, -0.2) is 24.5 Å². The molecule has 110 valence electrons. The van der Waals surface area contributed by atoms with Crippen LogP contribution in [0, 0.1) is 0 Å². The van der Waals surface area contributed by atoms with Crippen molar-refractivity contribution >= 4 is 5.91 Å². The lowest BCUT2D eigenvalue weighted by Gasteiger charge is -2.15. The van der Waals surface area contributed by atoms with Gasteiger partial charge in [0, 0.05) is 11.8 Å². The molecule has 0 aliphatic carbocycles. The molecule has 1 amide bonds. The van der Waals surface area contributed by atoms with Crippen molar-refractivity contribution in [3.63, 3.8) is 0 Å². The minimum atomic E-state index is -0.115. The van der Waals surface area contributed by atoms with E-state index in [2.05, 4.69) is 15.6 Å². The Morgan fingerprint density at radius 3 is 2.67 bits per heavy atom. The second kappa shape index (κ2) is 7.55. The SMILES string of the molecule is CNCCc1ccccc1C(=O)N[C@@H](C)c1ccccn1. The van der Waals surface area contributed by atoms with Crippen LogP contribution >= 0.6 is 0 Å². The van der Waals surface area contributed by atoms with Gasteiger partial charge in [-0.15, -0.1) is 0 Å². The van der Waals surface area contributed by atoms with Gasteiger partial charge in [0.15, 0.2) is 0 Å². The summed E-state index contributed by atoms with van der Waals surface area (Å²) in [5.41, 5.74) is 2.65. The van der Waals surface area contributed by atoms with Crippen LogP contribution in [0.2, 0.25) is 0 Å². The van der Waals surface area contributed by atoms with Crippen molar-refractivity contribution in [3.05, 3.63) is 65.5 Å². The van der Waals surface area contributed by atoms with Gasteiger partial charge in [0.25, 0.3) is 5.91 Å². The fourth-order valence-corrected chi connectivity index (χ4v) is 2.20. The zero-order valence-electron chi connectivity index (χ0n) is 12.5. The maximum absolute atomic E-state index is 12.5. The summed E-state index contributed by atoms with van der Waals surface area (Å²) >= 11 is 0. The summed E-state index contributed by atoms with van der Waals surface area (Å²) in [5.74, 6) is -0.0557. The molecule has 0 saturated carbocycles. The first-order valence-corrected chi connectivity index (χ1v) is 7.16. The van der Waals surface area contributed by atoms with Gasteiger partial charge < -0.3 is 10.6 Å². The molecule has 0 spiro atoms. The highest BCUT2D eigenvalue weighted by Gasteiger charge is 2.14. The van der Waals surface area contributed by atoms with Crippen LogP contribution < -0.4 is 10.6 Å². The molecule has 1 aromatic heterocycles. The van der Waals surface area contributed by atoms with E-state index in [1.54, 1.807) is 6.20 Å². The first-order valence-electron chi connectivity index (χ1n) is 7.16. The summed E-state index contributed by atoms with van der Waals surface area (Å²) in [4.78, 5) is 16.7. The predicted molar refractivity (Wildman–Crippen MR) is 84.2 cm³/mol. The number of aromatic nitrogens is 1. The van der Waals surface area contributed by atoms with Gasteiger partial charge in [-0.1, -0.05) is 24.3 Å². The van der Waals surface area contributed by atoms with E-state index < -0.39 is 0 Å². The van der Waals surface area contributed by atoms with Gasteiger partial charge in [0.2, 0.25) is 0 Å². The zero-order valence-corrected chi connectivity index (χ0v) is 12.5. The van der Waals surface area contributed by atoms with Crippen molar-refractivity contribution in [1.29, 1.82) is 0 Å². The summed E-state index contributed by atoms with van der Waals surface area (Å²) in [7, 11) is 1.91. The van der Waals surface area contributed by atoms with E-state index in [0.717, 1.165) is 29.8 Å². The third kappa shape index (κ3) is 4.13. The van der Waals surface area contributed by atoms with Crippen LogP contribution in [0.15, 0.2) is 48.7 Å². The van der Waals surface area contributed by atoms with Crippen LogP contribution in [0.25, 0.3) is 0 Å². The highest BCUT2D eigenvalue weighted by molar-refractivity contribution is 5.95. The molecule has 1 heterocycles. The molecule has 0 aliphatic heterocycles. The minimum Gasteiger partial charge on any atom is -0.344 e. The number of hydrogen-bond acceptors (Lipinski definition) is 3. The molecule has 1 atom stereocenters. The molecular weight excluding hydrogens is 262 g/mol. The average Bonchev–Trinajstić information content (AvgIpc) is 2.54. The monoisotopic (exact) mass is 283 g/mol. The molecule has 0 saturated heterocycles. The summed E-state index contributed by atoms with van der Waals surface area (Å²) in [6.45, 7) is 2.79. The van der Waals surface area contributed by atoms with E-state index in [1.165, 1.54) is 0 Å². The number of carbonyl (C=O) groups excluding carboxylic acids is 1. The van der Waals surface area contributed by atoms with E-state index in [9.17, 15) is 4.79 Å². The van der Waals surface area contributed by atoms with Crippen molar-refractivity contribution in [2.24, 2.45) is 0 Å². The molecule has 0 aliphatic rings. The maximum Gasteiger partial charge on any atom is 0.252 e. The Morgan fingerprint density at radius 1 is 1.19 bits per heavy atom. The Kier molecular flexibility index (Phi) is 5.46. The molecule has 4 heteroatoms. The lowest BCUT2D eigenvalue weighted by molar-refractivity contribution is 0.0938. The highest BCUT2D eigenvalue weighted by Crippen LogP contribution is 2.13. The van der Waals surface area contributed by atoms with Gasteiger partial charge in [-0.2, -0.15) is 0 Å². The number of carbonyl (C=O) groups is 1. The van der Waals surface area contributed by atoms with Crippen LogP contribution in [0.4, 0.5) is 0 Å². The number of hydrogen-bond donors (Lipinski definition) is 2. The van der Waals surface area contributed by atoms with Gasteiger partial charge in [0.1, 0.15) is 0 Å². The van der Waals surface area contributed by atoms with Gasteiger partial charge in [-0.05, 0) is 50.7 Å². The van der Waals surface area contributed by atoms with Crippen LogP contribution in [0.1, 0.15) is 34.6 Å². The zero-order chi connectivity index (χ0) is 15.1. The average molecular weight is 283 g/mol. The summed E-state index contributed by atoms with van der Waals surface area (Å²) in [6, 6.07) is 13.3.